The third-order valence-corrected chi connectivity index (χ3v) is 7.52. The Hall–Kier alpha value is -3.39. The Morgan fingerprint density at radius 3 is 1.93 bits per heavy atom. The molecule has 1 aromatic heterocycles. The van der Waals surface area contributed by atoms with Gasteiger partial charge in [0.25, 0.3) is 5.88 Å². The molecule has 0 amide bonds. The van der Waals surface area contributed by atoms with Crippen LogP contribution in [-0.2, 0) is 33.3 Å². The number of anilines is 1. The number of ether oxygens (including phenoxy) is 5. The van der Waals surface area contributed by atoms with Crippen LogP contribution in [0.25, 0.3) is 0 Å². The maximum atomic E-state index is 13.9. The molecule has 0 saturated carbocycles. The van der Waals surface area contributed by atoms with Crippen LogP contribution in [0.4, 0.5) is 5.82 Å². The van der Waals surface area contributed by atoms with Gasteiger partial charge >= 0.3 is 17.9 Å². The lowest BCUT2D eigenvalue weighted by atomic mass is 9.88. The number of nitrogens with zero attached hydrogens (tertiary/aromatic N) is 3. The molecule has 250 valence electrons. The van der Waals surface area contributed by atoms with Gasteiger partial charge in [-0.25, -0.2) is 0 Å². The number of aromatic nitrogens is 2. The van der Waals surface area contributed by atoms with Crippen molar-refractivity contribution < 1.29 is 38.1 Å². The van der Waals surface area contributed by atoms with E-state index in [1.165, 1.54) is 6.92 Å². The number of terminal acetylenes is 2. The van der Waals surface area contributed by atoms with Crippen molar-refractivity contribution in [2.24, 2.45) is 16.2 Å². The fourth-order valence-electron chi connectivity index (χ4n) is 3.91. The first kappa shape index (κ1) is 37.8. The lowest BCUT2D eigenvalue weighted by molar-refractivity contribution is -0.179. The Morgan fingerprint density at radius 2 is 1.44 bits per heavy atom. The molecule has 1 N–H and O–H groups in total. The molecule has 1 aliphatic rings. The second-order valence-electron chi connectivity index (χ2n) is 13.7. The summed E-state index contributed by atoms with van der Waals surface area (Å²) in [6.45, 7) is 15.8. The van der Waals surface area contributed by atoms with E-state index in [0.717, 1.165) is 11.7 Å². The van der Waals surface area contributed by atoms with Crippen LogP contribution >= 0.6 is 11.7 Å². The molecule has 45 heavy (non-hydrogen) atoms. The Bertz CT molecular complexity index is 1190. The van der Waals surface area contributed by atoms with E-state index in [2.05, 4.69) is 25.9 Å². The van der Waals surface area contributed by atoms with Gasteiger partial charge in [0.2, 0.25) is 5.82 Å². The van der Waals surface area contributed by atoms with Crippen molar-refractivity contribution in [3.63, 3.8) is 0 Å². The maximum absolute atomic E-state index is 13.9. The van der Waals surface area contributed by atoms with Crippen LogP contribution in [0.3, 0.4) is 0 Å². The summed E-state index contributed by atoms with van der Waals surface area (Å²) in [4.78, 5) is 41.6. The monoisotopic (exact) mass is 648 g/mol. The van der Waals surface area contributed by atoms with E-state index in [4.69, 9.17) is 36.5 Å². The summed E-state index contributed by atoms with van der Waals surface area (Å²) < 4.78 is 37.3. The zero-order valence-corrected chi connectivity index (χ0v) is 28.6. The summed E-state index contributed by atoms with van der Waals surface area (Å²) in [6.07, 6.45) is 10.3. The molecule has 13 heteroatoms. The minimum absolute atomic E-state index is 0.0440. The van der Waals surface area contributed by atoms with Crippen molar-refractivity contribution in [3.8, 4) is 30.6 Å². The number of carbonyl (C=O) groups is 3. The van der Waals surface area contributed by atoms with Gasteiger partial charge in [0, 0.05) is 38.0 Å². The third kappa shape index (κ3) is 11.8. The van der Waals surface area contributed by atoms with Gasteiger partial charge in [0.05, 0.1) is 35.8 Å². The van der Waals surface area contributed by atoms with E-state index < -0.39 is 53.5 Å². The molecule has 1 fully saturated rings. The molecule has 12 nitrogen and oxygen atoms in total. The van der Waals surface area contributed by atoms with Crippen molar-refractivity contribution in [3.05, 3.63) is 0 Å². The van der Waals surface area contributed by atoms with Gasteiger partial charge in [-0.05, 0) is 55.4 Å². The molecule has 2 heterocycles. The third-order valence-electron chi connectivity index (χ3n) is 7.02. The van der Waals surface area contributed by atoms with E-state index in [-0.39, 0.29) is 31.5 Å². The fraction of sp³-hybridized carbons (Fsp3) is 0.719. The van der Waals surface area contributed by atoms with Gasteiger partial charge in [-0.3, -0.25) is 14.4 Å². The van der Waals surface area contributed by atoms with Gasteiger partial charge in [0.15, 0.2) is 0 Å². The SMILES string of the molecule is C#CCC(C)(C)C(=O)OCC(C)(COC(=O)C(C)(C)CC#C)C(=O)OC(CNC(C)(C)C)COc1nsnc1N1CCOCC1. The second-order valence-corrected chi connectivity index (χ2v) is 14.2. The Labute approximate surface area is 271 Å². The molecule has 0 aromatic carbocycles. The average Bonchev–Trinajstić information content (AvgIpc) is 3.44. The van der Waals surface area contributed by atoms with E-state index in [9.17, 15) is 14.4 Å². The lowest BCUT2D eigenvalue weighted by Gasteiger charge is -2.32. The van der Waals surface area contributed by atoms with Gasteiger partial charge in [0.1, 0.15) is 31.3 Å². The topological polar surface area (TPSA) is 138 Å². The van der Waals surface area contributed by atoms with E-state index >= 15 is 0 Å². The van der Waals surface area contributed by atoms with Crippen molar-refractivity contribution in [1.29, 1.82) is 0 Å². The number of carbonyl (C=O) groups excluding carboxylic acids is 3. The van der Waals surface area contributed by atoms with Gasteiger partial charge in [-0.2, -0.15) is 4.37 Å². The van der Waals surface area contributed by atoms with Crippen molar-refractivity contribution in [2.45, 2.75) is 79.9 Å². The molecule has 0 spiro atoms. The molecule has 1 aliphatic heterocycles. The van der Waals surface area contributed by atoms with E-state index in [1.54, 1.807) is 27.7 Å². The maximum Gasteiger partial charge on any atom is 0.319 e. The summed E-state index contributed by atoms with van der Waals surface area (Å²) in [7, 11) is 0. The Balaban J connectivity index is 2.27. The van der Waals surface area contributed by atoms with Crippen LogP contribution in [0.15, 0.2) is 0 Å². The van der Waals surface area contributed by atoms with Crippen LogP contribution < -0.4 is 15.0 Å². The molecule has 0 radical (unpaired) electrons. The quantitative estimate of drug-likeness (QED) is 0.160. The van der Waals surface area contributed by atoms with Gasteiger partial charge in [-0.15, -0.1) is 29.1 Å². The lowest BCUT2D eigenvalue weighted by Crippen LogP contribution is -2.48. The van der Waals surface area contributed by atoms with Crippen LogP contribution in [-0.4, -0.2) is 91.0 Å². The predicted octanol–water partition coefficient (Wildman–Crippen LogP) is 3.25. The highest BCUT2D eigenvalue weighted by atomic mass is 32.1. The smallest absolute Gasteiger partial charge is 0.319 e. The molecule has 1 saturated heterocycles. The normalized spacial score (nSPS) is 14.9. The fourth-order valence-corrected chi connectivity index (χ4v) is 4.43. The Morgan fingerprint density at radius 1 is 0.911 bits per heavy atom. The number of hydrogen-bond donors (Lipinski definition) is 1. The van der Waals surface area contributed by atoms with Crippen LogP contribution in [0, 0.1) is 40.9 Å². The first-order valence-electron chi connectivity index (χ1n) is 14.9. The van der Waals surface area contributed by atoms with E-state index in [0.29, 0.717) is 38.0 Å². The standard InChI is InChI=1S/C32H48N4O8S/c1-11-13-30(6,7)26(37)42-21-32(10,22-43-27(38)31(8,9)14-12-2)28(39)44-23(19-33-29(3,4)5)20-41-25-24(34-45-35-25)36-15-17-40-18-16-36/h1-2,23,33H,13-22H2,3-10H3. The molecular formula is C32H48N4O8S. The van der Waals surface area contributed by atoms with Crippen LogP contribution in [0.5, 0.6) is 5.88 Å². The average molecular weight is 649 g/mol. The van der Waals surface area contributed by atoms with Crippen molar-refractivity contribution in [1.82, 2.24) is 14.1 Å². The first-order chi connectivity index (χ1) is 20.9. The first-order valence-corrected chi connectivity index (χ1v) is 15.6. The second kappa shape index (κ2) is 16.3. The highest BCUT2D eigenvalue weighted by Gasteiger charge is 2.43. The number of rotatable bonds is 16. The van der Waals surface area contributed by atoms with E-state index in [1.807, 2.05) is 25.7 Å². The highest BCUT2D eigenvalue weighted by molar-refractivity contribution is 6.99. The van der Waals surface area contributed by atoms with Crippen LogP contribution in [0.1, 0.15) is 68.2 Å². The highest BCUT2D eigenvalue weighted by Crippen LogP contribution is 2.29. The van der Waals surface area contributed by atoms with Crippen molar-refractivity contribution in [2.75, 3.05) is 57.6 Å². The number of esters is 3. The predicted molar refractivity (Wildman–Crippen MR) is 171 cm³/mol. The van der Waals surface area contributed by atoms with Crippen LogP contribution in [0.2, 0.25) is 0 Å². The summed E-state index contributed by atoms with van der Waals surface area (Å²) in [5.74, 6) is 3.91. The molecule has 1 atom stereocenters. The Kier molecular flexibility index (Phi) is 13.7. The zero-order valence-electron chi connectivity index (χ0n) is 27.8. The number of morpholine rings is 1. The zero-order chi connectivity index (χ0) is 33.9. The molecule has 0 bridgehead atoms. The molecule has 2 rings (SSSR count). The number of hydrogen-bond acceptors (Lipinski definition) is 13. The number of nitrogens with one attached hydrogen (secondary N) is 1. The largest absolute Gasteiger partial charge is 0.470 e. The summed E-state index contributed by atoms with van der Waals surface area (Å²) >= 11 is 1.02. The van der Waals surface area contributed by atoms with Gasteiger partial charge in [-0.1, -0.05) is 0 Å². The molecule has 1 aromatic rings. The summed E-state index contributed by atoms with van der Waals surface area (Å²) in [5.41, 5.74) is -3.84. The summed E-state index contributed by atoms with van der Waals surface area (Å²) in [6, 6.07) is 0. The minimum Gasteiger partial charge on any atom is -0.470 e. The summed E-state index contributed by atoms with van der Waals surface area (Å²) in [5, 5.41) is 3.33. The van der Waals surface area contributed by atoms with Crippen molar-refractivity contribution >= 4 is 35.5 Å². The molecule has 0 aliphatic carbocycles. The minimum atomic E-state index is -1.56. The molecule has 1 unspecified atom stereocenters. The van der Waals surface area contributed by atoms with Gasteiger partial charge < -0.3 is 33.9 Å². The molecular weight excluding hydrogens is 600 g/mol.